The van der Waals surface area contributed by atoms with Gasteiger partial charge in [-0.15, -0.1) is 0 Å². The molecule has 1 aromatic carbocycles. The van der Waals surface area contributed by atoms with Crippen LogP contribution in [-0.4, -0.2) is 52.2 Å². The Morgan fingerprint density at radius 3 is 2.43 bits per heavy atom. The molecule has 5 rings (SSSR count). The maximum Gasteiger partial charge on any atom is 0.328 e. The van der Waals surface area contributed by atoms with E-state index in [1.165, 1.54) is 4.57 Å². The van der Waals surface area contributed by atoms with Gasteiger partial charge in [0, 0.05) is 57.1 Å². The van der Waals surface area contributed by atoms with E-state index in [0.29, 0.717) is 23.1 Å². The molecule has 1 saturated heterocycles. The summed E-state index contributed by atoms with van der Waals surface area (Å²) >= 11 is 0. The highest BCUT2D eigenvalue weighted by Gasteiger charge is 2.38. The lowest BCUT2D eigenvalue weighted by Crippen LogP contribution is -2.44. The van der Waals surface area contributed by atoms with Crippen LogP contribution >= 0.6 is 0 Å². The van der Waals surface area contributed by atoms with Gasteiger partial charge >= 0.3 is 5.69 Å². The third-order valence-corrected chi connectivity index (χ3v) is 6.77. The molecule has 3 heterocycles. The minimum atomic E-state index is -0.360. The predicted molar refractivity (Wildman–Crippen MR) is 117 cm³/mol. The summed E-state index contributed by atoms with van der Waals surface area (Å²) in [6.45, 7) is 6.73. The summed E-state index contributed by atoms with van der Waals surface area (Å²) in [4.78, 5) is 21.9. The SMILES string of the molecule is CN1CCN(c2ccc(-c3ccc4c(c3F)n(C)c(=O)n4CC3(C)CC3)cn2)CC1. The number of piperazine rings is 1. The summed E-state index contributed by atoms with van der Waals surface area (Å²) in [6, 6.07) is 7.53. The Bertz CT molecular complexity index is 1150. The van der Waals surface area contributed by atoms with Gasteiger partial charge in [0.25, 0.3) is 0 Å². The summed E-state index contributed by atoms with van der Waals surface area (Å²) in [6.07, 6.45) is 3.96. The monoisotopic (exact) mass is 409 g/mol. The fourth-order valence-corrected chi connectivity index (χ4v) is 4.37. The van der Waals surface area contributed by atoms with Crippen molar-refractivity contribution in [3.8, 4) is 11.1 Å². The van der Waals surface area contributed by atoms with Gasteiger partial charge in [0.2, 0.25) is 0 Å². The molecule has 0 spiro atoms. The molecular formula is C23H28FN5O. The van der Waals surface area contributed by atoms with E-state index in [1.54, 1.807) is 23.9 Å². The molecule has 3 aromatic rings. The van der Waals surface area contributed by atoms with Crippen LogP contribution in [0.25, 0.3) is 22.2 Å². The molecule has 158 valence electrons. The second-order valence-corrected chi connectivity index (χ2v) is 9.23. The zero-order chi connectivity index (χ0) is 21.0. The van der Waals surface area contributed by atoms with Crippen LogP contribution in [0.1, 0.15) is 19.8 Å². The molecular weight excluding hydrogens is 381 g/mol. The summed E-state index contributed by atoms with van der Waals surface area (Å²) in [5.41, 5.74) is 2.24. The van der Waals surface area contributed by atoms with E-state index in [-0.39, 0.29) is 16.9 Å². The van der Waals surface area contributed by atoms with E-state index in [1.807, 2.05) is 18.2 Å². The van der Waals surface area contributed by atoms with Gasteiger partial charge in [-0.2, -0.15) is 0 Å². The van der Waals surface area contributed by atoms with Crippen molar-refractivity contribution >= 4 is 16.9 Å². The van der Waals surface area contributed by atoms with Crippen LogP contribution in [0, 0.1) is 11.2 Å². The average Bonchev–Trinajstić information content (AvgIpc) is 3.43. The Labute approximate surface area is 175 Å². The molecule has 0 amide bonds. The van der Waals surface area contributed by atoms with Crippen molar-refractivity contribution in [3.05, 3.63) is 46.8 Å². The minimum Gasteiger partial charge on any atom is -0.354 e. The predicted octanol–water partition coefficient (Wildman–Crippen LogP) is 3.09. The van der Waals surface area contributed by atoms with E-state index in [9.17, 15) is 4.79 Å². The van der Waals surface area contributed by atoms with Gasteiger partial charge in [-0.05, 0) is 49.6 Å². The first-order valence-corrected chi connectivity index (χ1v) is 10.6. The quantitative estimate of drug-likeness (QED) is 0.664. The Kier molecular flexibility index (Phi) is 4.47. The van der Waals surface area contributed by atoms with E-state index in [4.69, 9.17) is 0 Å². The molecule has 0 unspecified atom stereocenters. The van der Waals surface area contributed by atoms with Crippen molar-refractivity contribution in [2.45, 2.75) is 26.3 Å². The highest BCUT2D eigenvalue weighted by Crippen LogP contribution is 2.46. The largest absolute Gasteiger partial charge is 0.354 e. The highest BCUT2D eigenvalue weighted by atomic mass is 19.1. The molecule has 1 aliphatic carbocycles. The number of aryl methyl sites for hydroxylation is 1. The van der Waals surface area contributed by atoms with Crippen LogP contribution in [0.5, 0.6) is 0 Å². The molecule has 2 aromatic heterocycles. The number of aromatic nitrogens is 3. The molecule has 2 aliphatic rings. The number of rotatable bonds is 4. The molecule has 1 aliphatic heterocycles. The first-order chi connectivity index (χ1) is 14.4. The smallest absolute Gasteiger partial charge is 0.328 e. The molecule has 30 heavy (non-hydrogen) atoms. The zero-order valence-electron chi connectivity index (χ0n) is 17.9. The van der Waals surface area contributed by atoms with Gasteiger partial charge < -0.3 is 9.80 Å². The second kappa shape index (κ2) is 6.94. The summed E-state index contributed by atoms with van der Waals surface area (Å²) in [5, 5.41) is 0. The van der Waals surface area contributed by atoms with Crippen molar-refractivity contribution in [3.63, 3.8) is 0 Å². The van der Waals surface area contributed by atoms with Gasteiger partial charge in [0.15, 0.2) is 5.82 Å². The van der Waals surface area contributed by atoms with Crippen LogP contribution in [0.15, 0.2) is 35.3 Å². The first kappa shape index (κ1) is 19.3. The lowest BCUT2D eigenvalue weighted by atomic mass is 10.1. The van der Waals surface area contributed by atoms with Gasteiger partial charge in [-0.1, -0.05) is 6.92 Å². The number of fused-ring (bicyclic) bond motifs is 1. The van der Waals surface area contributed by atoms with Gasteiger partial charge in [-0.3, -0.25) is 9.13 Å². The van der Waals surface area contributed by atoms with E-state index in [0.717, 1.165) is 50.4 Å². The molecule has 6 nitrogen and oxygen atoms in total. The molecule has 0 radical (unpaired) electrons. The number of imidazole rings is 1. The molecule has 7 heteroatoms. The second-order valence-electron chi connectivity index (χ2n) is 9.23. The molecule has 0 N–H and O–H groups in total. The van der Waals surface area contributed by atoms with Crippen molar-refractivity contribution in [2.75, 3.05) is 38.1 Å². The summed E-state index contributed by atoms with van der Waals surface area (Å²) in [5.74, 6) is 0.561. The Balaban J connectivity index is 1.50. The van der Waals surface area contributed by atoms with Crippen LogP contribution in [0.4, 0.5) is 10.2 Å². The molecule has 2 fully saturated rings. The number of pyridine rings is 1. The fraction of sp³-hybridized carbons (Fsp3) is 0.478. The Morgan fingerprint density at radius 1 is 1.07 bits per heavy atom. The number of halogens is 1. The standard InChI is InChI=1S/C23H28FN5O/c1-23(8-9-23)15-29-18-6-5-17(20(24)21(18)27(3)22(29)30)16-4-7-19(25-14-16)28-12-10-26(2)11-13-28/h4-7,14H,8-13,15H2,1-3H3. The van der Waals surface area contributed by atoms with Crippen LogP contribution in [0.2, 0.25) is 0 Å². The fourth-order valence-electron chi connectivity index (χ4n) is 4.37. The normalized spacial score (nSPS) is 18.9. The maximum atomic E-state index is 15.5. The van der Waals surface area contributed by atoms with Crippen molar-refractivity contribution < 1.29 is 4.39 Å². The first-order valence-electron chi connectivity index (χ1n) is 10.6. The third kappa shape index (κ3) is 3.21. The van der Waals surface area contributed by atoms with Crippen LogP contribution < -0.4 is 10.6 Å². The number of hydrogen-bond donors (Lipinski definition) is 0. The number of nitrogens with zero attached hydrogens (tertiary/aromatic N) is 5. The van der Waals surface area contributed by atoms with Gasteiger partial charge in [0.1, 0.15) is 11.3 Å². The molecule has 1 saturated carbocycles. The van der Waals surface area contributed by atoms with E-state index < -0.39 is 0 Å². The topological polar surface area (TPSA) is 46.3 Å². The van der Waals surface area contributed by atoms with E-state index in [2.05, 4.69) is 28.8 Å². The average molecular weight is 410 g/mol. The summed E-state index contributed by atoms with van der Waals surface area (Å²) < 4.78 is 18.7. The lowest BCUT2D eigenvalue weighted by molar-refractivity contribution is 0.312. The van der Waals surface area contributed by atoms with E-state index >= 15 is 4.39 Å². The molecule has 0 bridgehead atoms. The number of likely N-dealkylation sites (N-methyl/N-ethyl adjacent to an activating group) is 1. The minimum absolute atomic E-state index is 0.155. The van der Waals surface area contributed by atoms with Crippen molar-refractivity contribution in [1.82, 2.24) is 19.0 Å². The van der Waals surface area contributed by atoms with Crippen molar-refractivity contribution in [2.24, 2.45) is 12.5 Å². The Hall–Kier alpha value is -2.67. The van der Waals surface area contributed by atoms with Crippen molar-refractivity contribution in [1.29, 1.82) is 0 Å². The Morgan fingerprint density at radius 2 is 1.80 bits per heavy atom. The summed E-state index contributed by atoms with van der Waals surface area (Å²) in [7, 11) is 3.77. The number of benzene rings is 1. The lowest BCUT2D eigenvalue weighted by Gasteiger charge is -2.33. The highest BCUT2D eigenvalue weighted by molar-refractivity contribution is 5.83. The van der Waals surface area contributed by atoms with Crippen LogP contribution in [0.3, 0.4) is 0 Å². The zero-order valence-corrected chi connectivity index (χ0v) is 17.9. The van der Waals surface area contributed by atoms with Gasteiger partial charge in [0.05, 0.1) is 5.52 Å². The molecule has 0 atom stereocenters. The maximum absolute atomic E-state index is 15.5. The van der Waals surface area contributed by atoms with Gasteiger partial charge in [-0.25, -0.2) is 14.2 Å². The number of hydrogen-bond acceptors (Lipinski definition) is 4. The number of anilines is 1. The van der Waals surface area contributed by atoms with Crippen LogP contribution in [-0.2, 0) is 13.6 Å². The third-order valence-electron chi connectivity index (χ3n) is 6.77.